The summed E-state index contributed by atoms with van der Waals surface area (Å²) in [6.07, 6.45) is 1.67. The van der Waals surface area contributed by atoms with Crippen molar-refractivity contribution in [3.05, 3.63) is 41.9 Å². The van der Waals surface area contributed by atoms with Crippen molar-refractivity contribution < 1.29 is 4.74 Å². The largest absolute Gasteiger partial charge is 0.493 e. The standard InChI is InChI=1S/C14H18N6O/c1-19-10-7-5-4-6-9(10)12(18-19)13(17-15)14-11(21-3)8-16-20(14)2/h4-8,13,17H,15H2,1-3H3. The number of para-hydroxylation sites is 1. The van der Waals surface area contributed by atoms with Crippen molar-refractivity contribution in [1.29, 1.82) is 0 Å². The Balaban J connectivity index is 2.21. The highest BCUT2D eigenvalue weighted by molar-refractivity contribution is 5.82. The van der Waals surface area contributed by atoms with Gasteiger partial charge in [0.25, 0.3) is 0 Å². The van der Waals surface area contributed by atoms with Gasteiger partial charge in [-0.1, -0.05) is 18.2 Å². The lowest BCUT2D eigenvalue weighted by molar-refractivity contribution is 0.400. The Hall–Kier alpha value is -2.38. The Labute approximate surface area is 122 Å². The maximum atomic E-state index is 5.79. The summed E-state index contributed by atoms with van der Waals surface area (Å²) >= 11 is 0. The number of hydrazine groups is 1. The Morgan fingerprint density at radius 1 is 1.24 bits per heavy atom. The number of fused-ring (bicyclic) bond motifs is 1. The molecule has 1 atom stereocenters. The van der Waals surface area contributed by atoms with Gasteiger partial charge in [0, 0.05) is 19.5 Å². The Kier molecular flexibility index (Phi) is 3.36. The van der Waals surface area contributed by atoms with Crippen LogP contribution in [0.15, 0.2) is 30.5 Å². The second kappa shape index (κ2) is 5.19. The van der Waals surface area contributed by atoms with E-state index in [1.165, 1.54) is 0 Å². The van der Waals surface area contributed by atoms with Gasteiger partial charge in [-0.05, 0) is 6.07 Å². The molecule has 110 valence electrons. The number of aromatic nitrogens is 4. The van der Waals surface area contributed by atoms with E-state index >= 15 is 0 Å². The third kappa shape index (κ3) is 2.07. The molecule has 0 amide bonds. The van der Waals surface area contributed by atoms with Crippen LogP contribution in [0.25, 0.3) is 10.9 Å². The number of nitrogens with one attached hydrogen (secondary N) is 1. The highest BCUT2D eigenvalue weighted by Gasteiger charge is 2.26. The summed E-state index contributed by atoms with van der Waals surface area (Å²) in [5.74, 6) is 6.47. The molecule has 7 heteroatoms. The average Bonchev–Trinajstić information content (AvgIpc) is 3.03. The van der Waals surface area contributed by atoms with Crippen LogP contribution in [-0.4, -0.2) is 26.7 Å². The summed E-state index contributed by atoms with van der Waals surface area (Å²) in [5.41, 5.74) is 5.56. The number of aryl methyl sites for hydroxylation is 2. The van der Waals surface area contributed by atoms with Crippen LogP contribution in [0.1, 0.15) is 17.4 Å². The molecule has 3 aromatic rings. The number of ether oxygens (including phenoxy) is 1. The van der Waals surface area contributed by atoms with E-state index in [-0.39, 0.29) is 6.04 Å². The molecule has 2 aromatic heterocycles. The molecule has 1 unspecified atom stereocenters. The zero-order valence-corrected chi connectivity index (χ0v) is 12.2. The molecule has 0 aliphatic carbocycles. The number of nitrogens with zero attached hydrogens (tertiary/aromatic N) is 4. The van der Waals surface area contributed by atoms with Crippen LogP contribution < -0.4 is 16.0 Å². The van der Waals surface area contributed by atoms with Crippen molar-refractivity contribution in [2.75, 3.05) is 7.11 Å². The fourth-order valence-electron chi connectivity index (χ4n) is 2.66. The third-order valence-corrected chi connectivity index (χ3v) is 3.67. The molecule has 3 N–H and O–H groups in total. The molecular weight excluding hydrogens is 268 g/mol. The molecule has 2 heterocycles. The fraction of sp³-hybridized carbons (Fsp3) is 0.286. The van der Waals surface area contributed by atoms with Crippen molar-refractivity contribution in [3.63, 3.8) is 0 Å². The lowest BCUT2D eigenvalue weighted by Gasteiger charge is -2.16. The van der Waals surface area contributed by atoms with Crippen LogP contribution in [0.2, 0.25) is 0 Å². The summed E-state index contributed by atoms with van der Waals surface area (Å²) in [4.78, 5) is 0. The fourth-order valence-corrected chi connectivity index (χ4v) is 2.66. The lowest BCUT2D eigenvalue weighted by atomic mass is 10.1. The third-order valence-electron chi connectivity index (χ3n) is 3.67. The molecule has 0 aliphatic rings. The average molecular weight is 286 g/mol. The van der Waals surface area contributed by atoms with Gasteiger partial charge < -0.3 is 4.74 Å². The van der Waals surface area contributed by atoms with Crippen LogP contribution in [0.4, 0.5) is 0 Å². The molecular formula is C14H18N6O. The van der Waals surface area contributed by atoms with E-state index in [1.807, 2.05) is 43.0 Å². The van der Waals surface area contributed by atoms with Gasteiger partial charge in [-0.25, -0.2) is 5.43 Å². The molecule has 7 nitrogen and oxygen atoms in total. The zero-order chi connectivity index (χ0) is 15.0. The Morgan fingerprint density at radius 3 is 2.71 bits per heavy atom. The maximum Gasteiger partial charge on any atom is 0.162 e. The molecule has 0 saturated heterocycles. The van der Waals surface area contributed by atoms with Gasteiger partial charge in [0.15, 0.2) is 5.75 Å². The number of benzene rings is 1. The highest BCUT2D eigenvalue weighted by atomic mass is 16.5. The van der Waals surface area contributed by atoms with Crippen LogP contribution in [0.5, 0.6) is 5.75 Å². The number of rotatable bonds is 4. The van der Waals surface area contributed by atoms with Gasteiger partial charge in [0.1, 0.15) is 11.7 Å². The quantitative estimate of drug-likeness (QED) is 0.549. The van der Waals surface area contributed by atoms with Crippen LogP contribution in [0.3, 0.4) is 0 Å². The van der Waals surface area contributed by atoms with E-state index in [0.29, 0.717) is 5.75 Å². The van der Waals surface area contributed by atoms with E-state index in [0.717, 1.165) is 22.3 Å². The first-order chi connectivity index (χ1) is 10.2. The number of hydrogen-bond donors (Lipinski definition) is 2. The normalized spacial score (nSPS) is 12.8. The first-order valence-corrected chi connectivity index (χ1v) is 6.61. The van der Waals surface area contributed by atoms with Crippen LogP contribution >= 0.6 is 0 Å². The minimum atomic E-state index is -0.307. The summed E-state index contributed by atoms with van der Waals surface area (Å²) in [5, 5.41) is 9.89. The van der Waals surface area contributed by atoms with Crippen molar-refractivity contribution in [2.45, 2.75) is 6.04 Å². The lowest BCUT2D eigenvalue weighted by Crippen LogP contribution is -2.31. The van der Waals surface area contributed by atoms with Gasteiger partial charge in [-0.2, -0.15) is 10.2 Å². The zero-order valence-electron chi connectivity index (χ0n) is 12.2. The highest BCUT2D eigenvalue weighted by Crippen LogP contribution is 2.32. The molecule has 0 fully saturated rings. The molecule has 0 bridgehead atoms. The molecule has 1 aromatic carbocycles. The second-order valence-electron chi connectivity index (χ2n) is 4.85. The van der Waals surface area contributed by atoms with E-state index in [2.05, 4.69) is 15.6 Å². The molecule has 0 spiro atoms. The van der Waals surface area contributed by atoms with E-state index in [9.17, 15) is 0 Å². The first kappa shape index (κ1) is 13.6. The second-order valence-corrected chi connectivity index (χ2v) is 4.85. The summed E-state index contributed by atoms with van der Waals surface area (Å²) in [6.45, 7) is 0. The summed E-state index contributed by atoms with van der Waals surface area (Å²) in [6, 6.07) is 7.73. The van der Waals surface area contributed by atoms with Gasteiger partial charge in [0.05, 0.1) is 24.5 Å². The molecule has 0 saturated carbocycles. The number of hydrogen-bond acceptors (Lipinski definition) is 5. The van der Waals surface area contributed by atoms with Crippen LogP contribution in [0, 0.1) is 0 Å². The van der Waals surface area contributed by atoms with Crippen molar-refractivity contribution in [2.24, 2.45) is 19.9 Å². The molecule has 3 rings (SSSR count). The van der Waals surface area contributed by atoms with Crippen molar-refractivity contribution >= 4 is 10.9 Å². The van der Waals surface area contributed by atoms with Gasteiger partial charge in [0.2, 0.25) is 0 Å². The maximum absolute atomic E-state index is 5.79. The predicted octanol–water partition coefficient (Wildman–Crippen LogP) is 0.868. The Bertz CT molecular complexity index is 775. The SMILES string of the molecule is COc1cnn(C)c1C(NN)c1nn(C)c2ccccc12. The molecule has 21 heavy (non-hydrogen) atoms. The van der Waals surface area contributed by atoms with Gasteiger partial charge in [-0.3, -0.25) is 15.2 Å². The van der Waals surface area contributed by atoms with Gasteiger partial charge >= 0.3 is 0 Å². The number of methoxy groups -OCH3 is 1. The van der Waals surface area contributed by atoms with E-state index in [1.54, 1.807) is 18.0 Å². The summed E-state index contributed by atoms with van der Waals surface area (Å²) < 4.78 is 8.96. The minimum Gasteiger partial charge on any atom is -0.493 e. The Morgan fingerprint density at radius 2 is 2.00 bits per heavy atom. The smallest absolute Gasteiger partial charge is 0.162 e. The molecule has 0 radical (unpaired) electrons. The predicted molar refractivity (Wildman–Crippen MR) is 79.6 cm³/mol. The van der Waals surface area contributed by atoms with Gasteiger partial charge in [-0.15, -0.1) is 0 Å². The first-order valence-electron chi connectivity index (χ1n) is 6.61. The number of nitrogens with two attached hydrogens (primary N) is 1. The van der Waals surface area contributed by atoms with Crippen LogP contribution in [-0.2, 0) is 14.1 Å². The van der Waals surface area contributed by atoms with E-state index < -0.39 is 0 Å². The monoisotopic (exact) mass is 286 g/mol. The van der Waals surface area contributed by atoms with Crippen molar-refractivity contribution in [1.82, 2.24) is 25.0 Å². The van der Waals surface area contributed by atoms with E-state index in [4.69, 9.17) is 10.6 Å². The minimum absolute atomic E-state index is 0.307. The summed E-state index contributed by atoms with van der Waals surface area (Å²) in [7, 11) is 5.39. The van der Waals surface area contributed by atoms with Crippen molar-refractivity contribution in [3.8, 4) is 5.75 Å². The topological polar surface area (TPSA) is 82.9 Å². The molecule has 0 aliphatic heterocycles.